The minimum Gasteiger partial charge on any atom is -0.370 e. The Kier molecular flexibility index (Phi) is 4.74. The Bertz CT molecular complexity index is 538. The molecule has 5 nitrogen and oxygen atoms in total. The summed E-state index contributed by atoms with van der Waals surface area (Å²) in [5, 5.41) is 8.06. The van der Waals surface area contributed by atoms with Gasteiger partial charge < -0.3 is 5.32 Å². The molecule has 19 heavy (non-hydrogen) atoms. The van der Waals surface area contributed by atoms with E-state index in [1.165, 1.54) is 0 Å². The quantitative estimate of drug-likeness (QED) is 0.883. The van der Waals surface area contributed by atoms with Gasteiger partial charge in [0.2, 0.25) is 0 Å². The molecule has 1 N–H and O–H groups in total. The zero-order valence-electron chi connectivity index (χ0n) is 11.2. The number of aromatic nitrogens is 4. The lowest BCUT2D eigenvalue weighted by atomic mass is 10.3. The van der Waals surface area contributed by atoms with Crippen LogP contribution in [0.15, 0.2) is 18.5 Å². The summed E-state index contributed by atoms with van der Waals surface area (Å²) in [5.41, 5.74) is 0. The molecule has 2 heterocycles. The van der Waals surface area contributed by atoms with Crippen molar-refractivity contribution in [2.45, 2.75) is 33.1 Å². The first-order valence-electron chi connectivity index (χ1n) is 6.55. The molecule has 6 heteroatoms. The number of nitrogens with one attached hydrogen (secondary N) is 1. The minimum absolute atomic E-state index is 0.596. The SMILES string of the molecule is CCCNc1cc(-n2cc(Cl)cn2)nc(CCC)n1. The number of halogens is 1. The van der Waals surface area contributed by atoms with Gasteiger partial charge in [-0.3, -0.25) is 0 Å². The molecule has 0 aliphatic carbocycles. The van der Waals surface area contributed by atoms with Gasteiger partial charge in [-0.25, -0.2) is 14.6 Å². The van der Waals surface area contributed by atoms with E-state index in [9.17, 15) is 0 Å². The molecule has 0 fully saturated rings. The van der Waals surface area contributed by atoms with Crippen LogP contribution in [-0.2, 0) is 6.42 Å². The highest BCUT2D eigenvalue weighted by molar-refractivity contribution is 6.30. The van der Waals surface area contributed by atoms with Crippen LogP contribution in [0, 0.1) is 0 Å². The van der Waals surface area contributed by atoms with Crippen molar-refractivity contribution < 1.29 is 0 Å². The molecule has 0 unspecified atom stereocenters. The first kappa shape index (κ1) is 13.8. The van der Waals surface area contributed by atoms with Crippen molar-refractivity contribution in [3.63, 3.8) is 0 Å². The molecule has 2 aromatic rings. The van der Waals surface area contributed by atoms with E-state index in [1.807, 2.05) is 6.07 Å². The van der Waals surface area contributed by atoms with Gasteiger partial charge >= 0.3 is 0 Å². The van der Waals surface area contributed by atoms with E-state index in [2.05, 4.69) is 34.2 Å². The summed E-state index contributed by atoms with van der Waals surface area (Å²) in [6.07, 6.45) is 6.25. The third kappa shape index (κ3) is 3.67. The normalized spacial score (nSPS) is 10.7. The van der Waals surface area contributed by atoms with Gasteiger partial charge in [0, 0.05) is 19.0 Å². The summed E-state index contributed by atoms with van der Waals surface area (Å²) in [6, 6.07) is 1.89. The molecule has 0 saturated heterocycles. The predicted molar refractivity (Wildman–Crippen MR) is 76.9 cm³/mol. The van der Waals surface area contributed by atoms with Crippen molar-refractivity contribution in [2.75, 3.05) is 11.9 Å². The molecule has 2 aromatic heterocycles. The maximum Gasteiger partial charge on any atom is 0.159 e. The monoisotopic (exact) mass is 279 g/mol. The van der Waals surface area contributed by atoms with Gasteiger partial charge in [-0.05, 0) is 12.8 Å². The number of nitrogens with zero attached hydrogens (tertiary/aromatic N) is 4. The standard InChI is InChI=1S/C13H18ClN5/c1-3-5-11-17-12(15-6-4-2)7-13(18-11)19-9-10(14)8-16-19/h7-9H,3-6H2,1-2H3,(H,15,17,18). The van der Waals surface area contributed by atoms with Crippen LogP contribution in [0.5, 0.6) is 0 Å². The third-order valence-electron chi connectivity index (χ3n) is 2.57. The van der Waals surface area contributed by atoms with Crippen molar-refractivity contribution >= 4 is 17.4 Å². The third-order valence-corrected chi connectivity index (χ3v) is 2.77. The van der Waals surface area contributed by atoms with Crippen LogP contribution in [0.3, 0.4) is 0 Å². The van der Waals surface area contributed by atoms with E-state index in [0.29, 0.717) is 5.02 Å². The van der Waals surface area contributed by atoms with Gasteiger partial charge in [0.05, 0.1) is 17.4 Å². The molecule has 2 rings (SSSR count). The van der Waals surface area contributed by atoms with Crippen LogP contribution in [0.1, 0.15) is 32.5 Å². The summed E-state index contributed by atoms with van der Waals surface area (Å²) in [7, 11) is 0. The Morgan fingerprint density at radius 1 is 1.26 bits per heavy atom. The lowest BCUT2D eigenvalue weighted by Gasteiger charge is -2.09. The number of rotatable bonds is 6. The second-order valence-corrected chi connectivity index (χ2v) is 4.74. The van der Waals surface area contributed by atoms with Crippen molar-refractivity contribution in [2.24, 2.45) is 0 Å². The largest absolute Gasteiger partial charge is 0.370 e. The average molecular weight is 280 g/mol. The zero-order valence-corrected chi connectivity index (χ0v) is 12.0. The second-order valence-electron chi connectivity index (χ2n) is 4.31. The molecule has 0 spiro atoms. The summed E-state index contributed by atoms with van der Waals surface area (Å²) in [4.78, 5) is 9.00. The van der Waals surface area contributed by atoms with Crippen LogP contribution >= 0.6 is 11.6 Å². The molecule has 0 bridgehead atoms. The van der Waals surface area contributed by atoms with E-state index < -0.39 is 0 Å². The van der Waals surface area contributed by atoms with E-state index in [4.69, 9.17) is 11.6 Å². The molecule has 0 amide bonds. The first-order valence-corrected chi connectivity index (χ1v) is 6.93. The van der Waals surface area contributed by atoms with E-state index in [1.54, 1.807) is 17.1 Å². The highest BCUT2D eigenvalue weighted by atomic mass is 35.5. The molecular formula is C13H18ClN5. The van der Waals surface area contributed by atoms with E-state index in [-0.39, 0.29) is 0 Å². The lowest BCUT2D eigenvalue weighted by Crippen LogP contribution is -2.09. The van der Waals surface area contributed by atoms with Crippen molar-refractivity contribution in [1.82, 2.24) is 19.7 Å². The Hall–Kier alpha value is -1.62. The summed E-state index contributed by atoms with van der Waals surface area (Å²) in [6.45, 7) is 5.12. The summed E-state index contributed by atoms with van der Waals surface area (Å²) >= 11 is 5.89. The van der Waals surface area contributed by atoms with Gasteiger partial charge in [0.1, 0.15) is 11.6 Å². The Morgan fingerprint density at radius 2 is 2.11 bits per heavy atom. The summed E-state index contributed by atoms with van der Waals surface area (Å²) < 4.78 is 1.67. The lowest BCUT2D eigenvalue weighted by molar-refractivity contribution is 0.784. The Balaban J connectivity index is 2.33. The summed E-state index contributed by atoms with van der Waals surface area (Å²) in [5.74, 6) is 2.40. The number of aryl methyl sites for hydroxylation is 1. The molecule has 0 aliphatic rings. The van der Waals surface area contributed by atoms with Crippen molar-refractivity contribution in [3.8, 4) is 5.82 Å². The highest BCUT2D eigenvalue weighted by Gasteiger charge is 2.07. The van der Waals surface area contributed by atoms with Gasteiger partial charge in [0.15, 0.2) is 5.82 Å². The van der Waals surface area contributed by atoms with E-state index in [0.717, 1.165) is 43.3 Å². The fourth-order valence-electron chi connectivity index (χ4n) is 1.71. The Morgan fingerprint density at radius 3 is 2.74 bits per heavy atom. The molecule has 0 aliphatic heterocycles. The van der Waals surface area contributed by atoms with Gasteiger partial charge in [0.25, 0.3) is 0 Å². The van der Waals surface area contributed by atoms with Crippen LogP contribution in [0.2, 0.25) is 5.02 Å². The van der Waals surface area contributed by atoms with E-state index >= 15 is 0 Å². The first-order chi connectivity index (χ1) is 9.22. The molecule has 102 valence electrons. The van der Waals surface area contributed by atoms with Crippen LogP contribution < -0.4 is 5.32 Å². The maximum atomic E-state index is 5.89. The highest BCUT2D eigenvalue weighted by Crippen LogP contribution is 2.14. The molecular weight excluding hydrogens is 262 g/mol. The Labute approximate surface area is 118 Å². The smallest absolute Gasteiger partial charge is 0.159 e. The molecule has 0 saturated carbocycles. The maximum absolute atomic E-state index is 5.89. The van der Waals surface area contributed by atoms with Gasteiger partial charge in [-0.2, -0.15) is 5.10 Å². The minimum atomic E-state index is 0.596. The zero-order chi connectivity index (χ0) is 13.7. The number of hydrogen-bond donors (Lipinski definition) is 1. The topological polar surface area (TPSA) is 55.6 Å². The van der Waals surface area contributed by atoms with Crippen molar-refractivity contribution in [3.05, 3.63) is 29.3 Å². The van der Waals surface area contributed by atoms with Gasteiger partial charge in [-0.15, -0.1) is 0 Å². The van der Waals surface area contributed by atoms with Crippen LogP contribution in [-0.4, -0.2) is 26.3 Å². The molecule has 0 radical (unpaired) electrons. The predicted octanol–water partition coefficient (Wildman–Crippen LogP) is 3.09. The fourth-order valence-corrected chi connectivity index (χ4v) is 1.84. The second kappa shape index (κ2) is 6.52. The van der Waals surface area contributed by atoms with Crippen LogP contribution in [0.4, 0.5) is 5.82 Å². The number of anilines is 1. The number of hydrogen-bond acceptors (Lipinski definition) is 4. The van der Waals surface area contributed by atoms with Crippen LogP contribution in [0.25, 0.3) is 5.82 Å². The average Bonchev–Trinajstić information content (AvgIpc) is 2.83. The fraction of sp³-hybridized carbons (Fsp3) is 0.462. The molecule has 0 aromatic carbocycles. The van der Waals surface area contributed by atoms with Crippen molar-refractivity contribution in [1.29, 1.82) is 0 Å². The van der Waals surface area contributed by atoms with Gasteiger partial charge in [-0.1, -0.05) is 25.4 Å². The molecule has 0 atom stereocenters.